The Bertz CT molecular complexity index is 490. The number of methoxy groups -OCH3 is 1. The number of hydrogen-bond donors (Lipinski definition) is 1. The lowest BCUT2D eigenvalue weighted by molar-refractivity contribution is 0.397. The SMILES string of the molecule is CN=C(NCc1ccc(OC)nc1)N1CCC(CC(C)C)C1.I. The summed E-state index contributed by atoms with van der Waals surface area (Å²) >= 11 is 0. The molecule has 0 spiro atoms. The lowest BCUT2D eigenvalue weighted by atomic mass is 9.97. The molecule has 1 aliphatic rings. The van der Waals surface area contributed by atoms with Crippen LogP contribution in [0.4, 0.5) is 0 Å². The molecular formula is C17H29IN4O. The first kappa shape index (κ1) is 20.0. The molecule has 2 heterocycles. The molecule has 5 nitrogen and oxygen atoms in total. The summed E-state index contributed by atoms with van der Waals surface area (Å²) in [7, 11) is 3.48. The maximum Gasteiger partial charge on any atom is 0.212 e. The van der Waals surface area contributed by atoms with Crippen molar-refractivity contribution in [3.05, 3.63) is 23.9 Å². The summed E-state index contributed by atoms with van der Waals surface area (Å²) in [6.07, 6.45) is 4.41. The van der Waals surface area contributed by atoms with E-state index in [1.807, 2.05) is 25.4 Å². The molecule has 0 aliphatic carbocycles. The number of aromatic nitrogens is 1. The van der Waals surface area contributed by atoms with Crippen LogP contribution in [0.2, 0.25) is 0 Å². The largest absolute Gasteiger partial charge is 0.481 e. The van der Waals surface area contributed by atoms with Crippen LogP contribution in [0.1, 0.15) is 32.3 Å². The molecule has 1 unspecified atom stereocenters. The van der Waals surface area contributed by atoms with E-state index in [0.717, 1.165) is 43.0 Å². The van der Waals surface area contributed by atoms with E-state index in [2.05, 4.69) is 34.0 Å². The zero-order valence-corrected chi connectivity index (χ0v) is 16.9. The highest BCUT2D eigenvalue weighted by molar-refractivity contribution is 14.0. The second-order valence-corrected chi connectivity index (χ2v) is 6.34. The van der Waals surface area contributed by atoms with Crippen LogP contribution in [0.25, 0.3) is 0 Å². The third-order valence-corrected chi connectivity index (χ3v) is 4.06. The molecule has 0 bridgehead atoms. The van der Waals surface area contributed by atoms with Crippen LogP contribution in [0.3, 0.4) is 0 Å². The predicted molar refractivity (Wildman–Crippen MR) is 106 cm³/mol. The summed E-state index contributed by atoms with van der Waals surface area (Å²) in [5.41, 5.74) is 1.12. The van der Waals surface area contributed by atoms with Gasteiger partial charge in [-0.25, -0.2) is 4.98 Å². The van der Waals surface area contributed by atoms with Gasteiger partial charge in [0.1, 0.15) is 0 Å². The Morgan fingerprint density at radius 2 is 2.26 bits per heavy atom. The highest BCUT2D eigenvalue weighted by Gasteiger charge is 2.25. The molecule has 0 aromatic carbocycles. The zero-order chi connectivity index (χ0) is 15.9. The molecule has 2 rings (SSSR count). The third-order valence-electron chi connectivity index (χ3n) is 4.06. The highest BCUT2D eigenvalue weighted by Crippen LogP contribution is 2.23. The van der Waals surface area contributed by atoms with Crippen LogP contribution < -0.4 is 10.1 Å². The molecule has 1 aromatic rings. The Labute approximate surface area is 156 Å². The van der Waals surface area contributed by atoms with Gasteiger partial charge in [-0.3, -0.25) is 4.99 Å². The number of rotatable bonds is 5. The Balaban J connectivity index is 0.00000264. The van der Waals surface area contributed by atoms with Crippen LogP contribution >= 0.6 is 24.0 Å². The summed E-state index contributed by atoms with van der Waals surface area (Å²) < 4.78 is 5.08. The first-order valence-corrected chi connectivity index (χ1v) is 8.07. The van der Waals surface area contributed by atoms with Gasteiger partial charge < -0.3 is 15.0 Å². The smallest absolute Gasteiger partial charge is 0.212 e. The molecule has 6 heteroatoms. The van der Waals surface area contributed by atoms with E-state index in [4.69, 9.17) is 4.74 Å². The number of pyridine rings is 1. The molecule has 0 amide bonds. The van der Waals surface area contributed by atoms with E-state index in [-0.39, 0.29) is 24.0 Å². The van der Waals surface area contributed by atoms with E-state index >= 15 is 0 Å². The number of guanidine groups is 1. The number of nitrogens with one attached hydrogen (secondary N) is 1. The summed E-state index contributed by atoms with van der Waals surface area (Å²) in [4.78, 5) is 11.0. The van der Waals surface area contributed by atoms with Crippen molar-refractivity contribution in [2.24, 2.45) is 16.8 Å². The summed E-state index contributed by atoms with van der Waals surface area (Å²) in [6, 6.07) is 3.91. The van der Waals surface area contributed by atoms with E-state index in [0.29, 0.717) is 5.88 Å². The maximum atomic E-state index is 5.08. The number of nitrogens with zero attached hydrogens (tertiary/aromatic N) is 3. The van der Waals surface area contributed by atoms with Gasteiger partial charge in [0.05, 0.1) is 7.11 Å². The molecule has 1 N–H and O–H groups in total. The van der Waals surface area contributed by atoms with Gasteiger partial charge in [0, 0.05) is 38.9 Å². The van der Waals surface area contributed by atoms with E-state index in [1.54, 1.807) is 7.11 Å². The Kier molecular flexibility index (Phi) is 8.65. The Morgan fingerprint density at radius 1 is 1.48 bits per heavy atom. The van der Waals surface area contributed by atoms with E-state index in [1.165, 1.54) is 12.8 Å². The van der Waals surface area contributed by atoms with Gasteiger partial charge in [-0.15, -0.1) is 24.0 Å². The number of likely N-dealkylation sites (tertiary alicyclic amines) is 1. The fourth-order valence-corrected chi connectivity index (χ4v) is 3.03. The standard InChI is InChI=1S/C17H28N4O.HI/c1-13(2)9-14-7-8-21(12-14)17(18-3)20-11-15-5-6-16(22-4)19-10-15;/h5-6,10,13-14H,7-9,11-12H2,1-4H3,(H,18,20);1H. The van der Waals surface area contributed by atoms with Crippen molar-refractivity contribution in [2.45, 2.75) is 33.2 Å². The predicted octanol–water partition coefficient (Wildman–Crippen LogP) is 3.15. The average molecular weight is 432 g/mol. The maximum absolute atomic E-state index is 5.08. The van der Waals surface area contributed by atoms with Crippen molar-refractivity contribution in [1.29, 1.82) is 0 Å². The minimum atomic E-state index is 0. The van der Waals surface area contributed by atoms with Gasteiger partial charge in [0.25, 0.3) is 0 Å². The molecule has 1 atom stereocenters. The minimum absolute atomic E-state index is 0. The molecule has 1 aliphatic heterocycles. The second kappa shape index (κ2) is 9.95. The Morgan fingerprint density at radius 3 is 2.83 bits per heavy atom. The molecule has 130 valence electrons. The summed E-state index contributed by atoms with van der Waals surface area (Å²) in [5.74, 6) is 3.19. The van der Waals surface area contributed by atoms with Gasteiger partial charge in [-0.1, -0.05) is 19.9 Å². The van der Waals surface area contributed by atoms with Gasteiger partial charge in [0.2, 0.25) is 5.88 Å². The highest BCUT2D eigenvalue weighted by atomic mass is 127. The molecule has 1 fully saturated rings. The van der Waals surface area contributed by atoms with Crippen LogP contribution in [0.5, 0.6) is 5.88 Å². The summed E-state index contributed by atoms with van der Waals surface area (Å²) in [6.45, 7) is 7.53. The van der Waals surface area contributed by atoms with Gasteiger partial charge in [-0.05, 0) is 30.2 Å². The molecule has 0 radical (unpaired) electrons. The normalized spacial score (nSPS) is 18.0. The first-order chi connectivity index (χ1) is 10.6. The fraction of sp³-hybridized carbons (Fsp3) is 0.647. The van der Waals surface area contributed by atoms with Crippen LogP contribution in [-0.4, -0.2) is 43.1 Å². The van der Waals surface area contributed by atoms with Crippen molar-refractivity contribution < 1.29 is 4.74 Å². The van der Waals surface area contributed by atoms with E-state index < -0.39 is 0 Å². The van der Waals surface area contributed by atoms with Crippen LogP contribution in [0.15, 0.2) is 23.3 Å². The van der Waals surface area contributed by atoms with Gasteiger partial charge in [0.15, 0.2) is 5.96 Å². The molecule has 1 saturated heterocycles. The zero-order valence-electron chi connectivity index (χ0n) is 14.6. The topological polar surface area (TPSA) is 49.8 Å². The first-order valence-electron chi connectivity index (χ1n) is 8.07. The third kappa shape index (κ3) is 6.16. The minimum Gasteiger partial charge on any atom is -0.481 e. The van der Waals surface area contributed by atoms with Crippen LogP contribution in [0, 0.1) is 11.8 Å². The molecule has 0 saturated carbocycles. The van der Waals surface area contributed by atoms with Crippen molar-refractivity contribution >= 4 is 29.9 Å². The quantitative estimate of drug-likeness (QED) is 0.441. The monoisotopic (exact) mass is 432 g/mol. The summed E-state index contributed by atoms with van der Waals surface area (Å²) in [5, 5.41) is 3.43. The lowest BCUT2D eigenvalue weighted by Gasteiger charge is -2.22. The Hall–Kier alpha value is -1.05. The second-order valence-electron chi connectivity index (χ2n) is 6.34. The van der Waals surface area contributed by atoms with Crippen molar-refractivity contribution in [2.75, 3.05) is 27.2 Å². The van der Waals surface area contributed by atoms with Gasteiger partial charge >= 0.3 is 0 Å². The number of hydrogen-bond acceptors (Lipinski definition) is 3. The van der Waals surface area contributed by atoms with Gasteiger partial charge in [-0.2, -0.15) is 0 Å². The van der Waals surface area contributed by atoms with E-state index in [9.17, 15) is 0 Å². The van der Waals surface area contributed by atoms with Crippen LogP contribution in [-0.2, 0) is 6.54 Å². The van der Waals surface area contributed by atoms with Crippen molar-refractivity contribution in [3.8, 4) is 5.88 Å². The fourth-order valence-electron chi connectivity index (χ4n) is 3.03. The number of halogens is 1. The average Bonchev–Trinajstić information content (AvgIpc) is 2.96. The molecule has 23 heavy (non-hydrogen) atoms. The number of aliphatic imine (C=N–C) groups is 1. The lowest BCUT2D eigenvalue weighted by Crippen LogP contribution is -2.39. The van der Waals surface area contributed by atoms with Crippen molar-refractivity contribution in [3.63, 3.8) is 0 Å². The van der Waals surface area contributed by atoms with Crippen molar-refractivity contribution in [1.82, 2.24) is 15.2 Å². The molecular weight excluding hydrogens is 403 g/mol. The number of ether oxygens (including phenoxy) is 1. The molecule has 1 aromatic heterocycles.